The first-order valence-electron chi connectivity index (χ1n) is 5.80. The Labute approximate surface area is 120 Å². The quantitative estimate of drug-likeness (QED) is 0.813. The fraction of sp³-hybridized carbons (Fsp3) is 0.385. The minimum Gasteiger partial charge on any atom is -0.304 e. The summed E-state index contributed by atoms with van der Waals surface area (Å²) in [6.45, 7) is 4.46. The van der Waals surface area contributed by atoms with E-state index < -0.39 is 0 Å². The smallest absolute Gasteiger partial charge is 0.143 e. The molecule has 0 fully saturated rings. The van der Waals surface area contributed by atoms with Crippen molar-refractivity contribution in [2.75, 3.05) is 20.6 Å². The van der Waals surface area contributed by atoms with Gasteiger partial charge in [0.05, 0.1) is 21.2 Å². The Morgan fingerprint density at radius 1 is 1.37 bits per heavy atom. The minimum absolute atomic E-state index is 0.571. The van der Waals surface area contributed by atoms with E-state index in [0.29, 0.717) is 12.1 Å². The van der Waals surface area contributed by atoms with Crippen LogP contribution in [0.3, 0.4) is 0 Å². The van der Waals surface area contributed by atoms with Crippen molar-refractivity contribution in [3.63, 3.8) is 0 Å². The van der Waals surface area contributed by atoms with Crippen LogP contribution in [0.5, 0.6) is 0 Å². The Bertz CT molecular complexity index is 636. The van der Waals surface area contributed by atoms with Crippen molar-refractivity contribution >= 4 is 34.2 Å². The fourth-order valence-corrected chi connectivity index (χ4v) is 3.39. The lowest BCUT2D eigenvalue weighted by Gasteiger charge is -2.08. The molecule has 0 aliphatic heterocycles. The SMILES string of the molecule is Cc1nc(-c2nc(C)c(C(=C=O)CN(C)C)s2)cs1. The number of carbonyl (C=O) groups excluding carboxylic acids is 1. The summed E-state index contributed by atoms with van der Waals surface area (Å²) in [7, 11) is 3.86. The van der Waals surface area contributed by atoms with Crippen molar-refractivity contribution in [1.82, 2.24) is 14.9 Å². The molecule has 0 spiro atoms. The van der Waals surface area contributed by atoms with Gasteiger partial charge in [0.2, 0.25) is 0 Å². The summed E-state index contributed by atoms with van der Waals surface area (Å²) < 4.78 is 0. The highest BCUT2D eigenvalue weighted by Crippen LogP contribution is 2.32. The van der Waals surface area contributed by atoms with E-state index in [0.717, 1.165) is 26.3 Å². The Morgan fingerprint density at radius 2 is 2.11 bits per heavy atom. The number of thiazole rings is 2. The minimum atomic E-state index is 0.571. The van der Waals surface area contributed by atoms with Gasteiger partial charge in [-0.25, -0.2) is 14.8 Å². The van der Waals surface area contributed by atoms with Crippen molar-refractivity contribution < 1.29 is 4.79 Å². The lowest BCUT2D eigenvalue weighted by Crippen LogP contribution is -2.14. The standard InChI is InChI=1S/C13H15N3OS2/c1-8-12(10(6-17)5-16(3)4)19-13(14-8)11-7-18-9(2)15-11/h7H,5H2,1-4H3. The second-order valence-corrected chi connectivity index (χ2v) is 6.57. The fourth-order valence-electron chi connectivity index (χ4n) is 1.71. The van der Waals surface area contributed by atoms with E-state index in [-0.39, 0.29) is 0 Å². The van der Waals surface area contributed by atoms with Crippen LogP contribution in [-0.4, -0.2) is 41.4 Å². The van der Waals surface area contributed by atoms with Crippen LogP contribution in [0.15, 0.2) is 5.38 Å². The Morgan fingerprint density at radius 3 is 2.63 bits per heavy atom. The van der Waals surface area contributed by atoms with Gasteiger partial charge in [0.15, 0.2) is 0 Å². The summed E-state index contributed by atoms with van der Waals surface area (Å²) in [5.74, 6) is 2.04. The predicted molar refractivity (Wildman–Crippen MR) is 80.4 cm³/mol. The molecule has 2 aromatic rings. The molecule has 0 saturated heterocycles. The normalized spacial score (nSPS) is 10.8. The van der Waals surface area contributed by atoms with E-state index in [4.69, 9.17) is 0 Å². The maximum absolute atomic E-state index is 11.1. The highest BCUT2D eigenvalue weighted by molar-refractivity contribution is 7.16. The van der Waals surface area contributed by atoms with Crippen LogP contribution < -0.4 is 0 Å². The van der Waals surface area contributed by atoms with Crippen LogP contribution in [-0.2, 0) is 4.79 Å². The van der Waals surface area contributed by atoms with Crippen LogP contribution in [0.25, 0.3) is 16.3 Å². The molecule has 4 nitrogen and oxygen atoms in total. The van der Waals surface area contributed by atoms with Gasteiger partial charge in [-0.1, -0.05) is 0 Å². The number of likely N-dealkylation sites (N-methyl/N-ethyl adjacent to an activating group) is 1. The van der Waals surface area contributed by atoms with Crippen molar-refractivity contribution in [3.8, 4) is 10.7 Å². The van der Waals surface area contributed by atoms with Crippen LogP contribution >= 0.6 is 22.7 Å². The van der Waals surface area contributed by atoms with E-state index >= 15 is 0 Å². The Balaban J connectivity index is 2.38. The third kappa shape index (κ3) is 3.16. The second kappa shape index (κ2) is 5.75. The first kappa shape index (κ1) is 14.1. The van der Waals surface area contributed by atoms with E-state index in [2.05, 4.69) is 9.97 Å². The van der Waals surface area contributed by atoms with Gasteiger partial charge in [0.1, 0.15) is 16.6 Å². The van der Waals surface area contributed by atoms with Gasteiger partial charge in [-0.05, 0) is 27.9 Å². The zero-order valence-corrected chi connectivity index (χ0v) is 13.0. The van der Waals surface area contributed by atoms with Crippen molar-refractivity contribution in [2.24, 2.45) is 0 Å². The molecule has 0 atom stereocenters. The number of aromatic nitrogens is 2. The van der Waals surface area contributed by atoms with E-state index in [9.17, 15) is 4.79 Å². The Kier molecular flexibility index (Phi) is 4.27. The zero-order chi connectivity index (χ0) is 14.0. The lowest BCUT2D eigenvalue weighted by atomic mass is 10.2. The van der Waals surface area contributed by atoms with Gasteiger partial charge >= 0.3 is 0 Å². The topological polar surface area (TPSA) is 46.1 Å². The van der Waals surface area contributed by atoms with Crippen molar-refractivity contribution in [1.29, 1.82) is 0 Å². The second-order valence-electron chi connectivity index (χ2n) is 4.50. The summed E-state index contributed by atoms with van der Waals surface area (Å²) in [6.07, 6.45) is 0. The molecule has 2 rings (SSSR count). The molecule has 100 valence electrons. The first-order valence-corrected chi connectivity index (χ1v) is 7.50. The third-order valence-corrected chi connectivity index (χ3v) is 4.52. The molecule has 0 aliphatic carbocycles. The molecule has 0 bridgehead atoms. The van der Waals surface area contributed by atoms with Gasteiger partial charge in [0, 0.05) is 11.9 Å². The number of nitrogens with zero attached hydrogens (tertiary/aromatic N) is 3. The molecule has 0 N–H and O–H groups in total. The third-order valence-electron chi connectivity index (χ3n) is 2.51. The van der Waals surface area contributed by atoms with Gasteiger partial charge in [0.25, 0.3) is 0 Å². The van der Waals surface area contributed by atoms with Crippen LogP contribution in [0.1, 0.15) is 15.6 Å². The largest absolute Gasteiger partial charge is 0.304 e. The molecule has 2 heterocycles. The monoisotopic (exact) mass is 293 g/mol. The average molecular weight is 293 g/mol. The van der Waals surface area contributed by atoms with Crippen LogP contribution in [0, 0.1) is 13.8 Å². The molecule has 0 aliphatic rings. The molecule has 19 heavy (non-hydrogen) atoms. The van der Waals surface area contributed by atoms with E-state index in [1.807, 2.05) is 44.2 Å². The molecular formula is C13H15N3OS2. The molecule has 0 aromatic carbocycles. The summed E-state index contributed by atoms with van der Waals surface area (Å²) in [5.41, 5.74) is 2.40. The molecule has 0 radical (unpaired) electrons. The molecular weight excluding hydrogens is 278 g/mol. The summed E-state index contributed by atoms with van der Waals surface area (Å²) in [4.78, 5) is 22.9. The van der Waals surface area contributed by atoms with Crippen LogP contribution in [0.2, 0.25) is 0 Å². The summed E-state index contributed by atoms with van der Waals surface area (Å²) >= 11 is 3.11. The summed E-state index contributed by atoms with van der Waals surface area (Å²) in [5, 5.41) is 3.88. The number of hydrogen-bond donors (Lipinski definition) is 0. The van der Waals surface area contributed by atoms with Gasteiger partial charge in [-0.2, -0.15) is 0 Å². The van der Waals surface area contributed by atoms with Crippen molar-refractivity contribution in [2.45, 2.75) is 13.8 Å². The average Bonchev–Trinajstić information content (AvgIpc) is 2.92. The lowest BCUT2D eigenvalue weighted by molar-refractivity contribution is 0.463. The highest BCUT2D eigenvalue weighted by Gasteiger charge is 2.16. The van der Waals surface area contributed by atoms with Crippen LogP contribution in [0.4, 0.5) is 0 Å². The first-order chi connectivity index (χ1) is 9.01. The number of aryl methyl sites for hydroxylation is 2. The van der Waals surface area contributed by atoms with Gasteiger partial charge < -0.3 is 4.90 Å². The van der Waals surface area contributed by atoms with E-state index in [1.54, 1.807) is 11.3 Å². The maximum Gasteiger partial charge on any atom is 0.143 e. The molecule has 0 amide bonds. The number of hydrogen-bond acceptors (Lipinski definition) is 6. The van der Waals surface area contributed by atoms with Gasteiger partial charge in [-0.3, -0.25) is 0 Å². The van der Waals surface area contributed by atoms with Gasteiger partial charge in [-0.15, -0.1) is 22.7 Å². The van der Waals surface area contributed by atoms with E-state index in [1.165, 1.54) is 11.3 Å². The highest BCUT2D eigenvalue weighted by atomic mass is 32.1. The maximum atomic E-state index is 11.1. The predicted octanol–water partition coefficient (Wildman–Crippen LogP) is 2.66. The molecule has 6 heteroatoms. The molecule has 0 saturated carbocycles. The number of rotatable bonds is 4. The van der Waals surface area contributed by atoms with Crippen molar-refractivity contribution in [3.05, 3.63) is 21.0 Å². The molecule has 2 aromatic heterocycles. The molecule has 0 unspecified atom stereocenters. The summed E-state index contributed by atoms with van der Waals surface area (Å²) in [6, 6.07) is 0. The Hall–Kier alpha value is -1.33. The zero-order valence-electron chi connectivity index (χ0n) is 11.4.